The number of carbonyl (C=O) groups excluding carboxylic acids is 1. The van der Waals surface area contributed by atoms with E-state index < -0.39 is 0 Å². The maximum absolute atomic E-state index is 11.5. The van der Waals surface area contributed by atoms with Crippen molar-refractivity contribution >= 4 is 24.0 Å². The SMILES string of the molecule is COC(CN)CC(=O)Nc1ccc(O)cc1.Cl. The topological polar surface area (TPSA) is 84.6 Å². The lowest BCUT2D eigenvalue weighted by Gasteiger charge is -2.12. The second-order valence-electron chi connectivity index (χ2n) is 3.39. The number of halogens is 1. The molecule has 1 rings (SSSR count). The molecule has 1 unspecified atom stereocenters. The van der Waals surface area contributed by atoms with Gasteiger partial charge in [-0.15, -0.1) is 12.4 Å². The van der Waals surface area contributed by atoms with E-state index >= 15 is 0 Å². The Labute approximate surface area is 106 Å². The number of phenols is 1. The minimum Gasteiger partial charge on any atom is -0.508 e. The number of nitrogens with one attached hydrogen (secondary N) is 1. The predicted octanol–water partition coefficient (Wildman–Crippen LogP) is 1.12. The highest BCUT2D eigenvalue weighted by molar-refractivity contribution is 5.91. The first kappa shape index (κ1) is 15.7. The summed E-state index contributed by atoms with van der Waals surface area (Å²) in [4.78, 5) is 11.5. The fourth-order valence-electron chi connectivity index (χ4n) is 1.23. The molecule has 0 saturated heterocycles. The van der Waals surface area contributed by atoms with Crippen molar-refractivity contribution < 1.29 is 14.6 Å². The van der Waals surface area contributed by atoms with Crippen LogP contribution < -0.4 is 11.1 Å². The molecule has 1 amide bonds. The van der Waals surface area contributed by atoms with E-state index in [2.05, 4.69) is 5.32 Å². The molecule has 0 radical (unpaired) electrons. The van der Waals surface area contributed by atoms with Crippen LogP contribution in [0.1, 0.15) is 6.42 Å². The highest BCUT2D eigenvalue weighted by Gasteiger charge is 2.11. The van der Waals surface area contributed by atoms with Crippen LogP contribution in [0.2, 0.25) is 0 Å². The number of methoxy groups -OCH3 is 1. The van der Waals surface area contributed by atoms with E-state index in [4.69, 9.17) is 15.6 Å². The van der Waals surface area contributed by atoms with E-state index in [0.717, 1.165) is 0 Å². The molecule has 0 spiro atoms. The van der Waals surface area contributed by atoms with Gasteiger partial charge in [-0.25, -0.2) is 0 Å². The molecule has 0 bridgehead atoms. The summed E-state index contributed by atoms with van der Waals surface area (Å²) in [5.74, 6) is -0.00212. The monoisotopic (exact) mass is 260 g/mol. The van der Waals surface area contributed by atoms with Crippen molar-refractivity contribution in [2.24, 2.45) is 5.73 Å². The van der Waals surface area contributed by atoms with Gasteiger partial charge in [-0.3, -0.25) is 4.79 Å². The number of hydrogen-bond acceptors (Lipinski definition) is 4. The smallest absolute Gasteiger partial charge is 0.227 e. The molecule has 5 nitrogen and oxygen atoms in total. The lowest BCUT2D eigenvalue weighted by atomic mass is 10.2. The van der Waals surface area contributed by atoms with E-state index in [1.807, 2.05) is 0 Å². The fraction of sp³-hybridized carbons (Fsp3) is 0.364. The van der Waals surface area contributed by atoms with Crippen molar-refractivity contribution in [3.05, 3.63) is 24.3 Å². The van der Waals surface area contributed by atoms with Crippen molar-refractivity contribution in [1.82, 2.24) is 0 Å². The van der Waals surface area contributed by atoms with Crippen LogP contribution in [-0.4, -0.2) is 30.8 Å². The van der Waals surface area contributed by atoms with Crippen LogP contribution in [-0.2, 0) is 9.53 Å². The van der Waals surface area contributed by atoms with Gasteiger partial charge in [0.1, 0.15) is 5.75 Å². The number of amides is 1. The largest absolute Gasteiger partial charge is 0.508 e. The molecule has 0 aliphatic heterocycles. The van der Waals surface area contributed by atoms with E-state index in [9.17, 15) is 4.79 Å². The summed E-state index contributed by atoms with van der Waals surface area (Å²) in [7, 11) is 1.52. The summed E-state index contributed by atoms with van der Waals surface area (Å²) in [6.07, 6.45) is -0.0504. The van der Waals surface area contributed by atoms with Gasteiger partial charge in [-0.05, 0) is 24.3 Å². The number of ether oxygens (including phenoxy) is 1. The molecule has 17 heavy (non-hydrogen) atoms. The maximum atomic E-state index is 11.5. The summed E-state index contributed by atoms with van der Waals surface area (Å²) >= 11 is 0. The van der Waals surface area contributed by atoms with Gasteiger partial charge in [0.15, 0.2) is 0 Å². The summed E-state index contributed by atoms with van der Waals surface area (Å²) in [6.45, 7) is 0.305. The first-order valence-electron chi connectivity index (χ1n) is 4.97. The average molecular weight is 261 g/mol. The van der Waals surface area contributed by atoms with Crippen LogP contribution in [0.15, 0.2) is 24.3 Å². The Balaban J connectivity index is 0.00000256. The van der Waals surface area contributed by atoms with E-state index in [1.54, 1.807) is 12.1 Å². The normalized spacial score (nSPS) is 11.4. The zero-order valence-electron chi connectivity index (χ0n) is 9.55. The average Bonchev–Trinajstić information content (AvgIpc) is 2.29. The summed E-state index contributed by atoms with van der Waals surface area (Å²) < 4.78 is 5.00. The molecule has 96 valence electrons. The Morgan fingerprint density at radius 2 is 2.06 bits per heavy atom. The van der Waals surface area contributed by atoms with Crippen LogP contribution >= 0.6 is 12.4 Å². The van der Waals surface area contributed by atoms with Gasteiger partial charge < -0.3 is 20.9 Å². The number of benzene rings is 1. The molecule has 1 aromatic carbocycles. The Bertz CT molecular complexity index is 339. The van der Waals surface area contributed by atoms with Crippen molar-refractivity contribution in [3.8, 4) is 5.75 Å². The zero-order chi connectivity index (χ0) is 12.0. The molecule has 1 aromatic rings. The lowest BCUT2D eigenvalue weighted by molar-refractivity contribution is -0.118. The molecule has 0 aromatic heterocycles. The van der Waals surface area contributed by atoms with Crippen LogP contribution in [0.4, 0.5) is 5.69 Å². The van der Waals surface area contributed by atoms with E-state index in [1.165, 1.54) is 19.2 Å². The Morgan fingerprint density at radius 3 is 2.53 bits per heavy atom. The third kappa shape index (κ3) is 5.53. The second kappa shape index (κ2) is 7.89. The van der Waals surface area contributed by atoms with Crippen LogP contribution in [0, 0.1) is 0 Å². The Morgan fingerprint density at radius 1 is 1.47 bits per heavy atom. The summed E-state index contributed by atoms with van der Waals surface area (Å²) in [5, 5.41) is 11.7. The van der Waals surface area contributed by atoms with Crippen LogP contribution in [0.5, 0.6) is 5.75 Å². The number of carbonyl (C=O) groups is 1. The molecule has 1 atom stereocenters. The van der Waals surface area contributed by atoms with E-state index in [-0.39, 0.29) is 36.6 Å². The molecule has 0 fully saturated rings. The minimum absolute atomic E-state index is 0. The van der Waals surface area contributed by atoms with Crippen LogP contribution in [0.3, 0.4) is 0 Å². The van der Waals surface area contributed by atoms with Gasteiger partial charge in [0.05, 0.1) is 12.5 Å². The zero-order valence-corrected chi connectivity index (χ0v) is 10.4. The molecule has 4 N–H and O–H groups in total. The van der Waals surface area contributed by atoms with Gasteiger partial charge in [-0.1, -0.05) is 0 Å². The minimum atomic E-state index is -0.267. The van der Waals surface area contributed by atoms with Crippen LogP contribution in [0.25, 0.3) is 0 Å². The third-order valence-corrected chi connectivity index (χ3v) is 2.16. The Kier molecular flexibility index (Phi) is 7.29. The molecule has 0 aliphatic carbocycles. The summed E-state index contributed by atoms with van der Waals surface area (Å²) in [5.41, 5.74) is 6.04. The van der Waals surface area contributed by atoms with E-state index in [0.29, 0.717) is 12.2 Å². The highest BCUT2D eigenvalue weighted by atomic mass is 35.5. The number of phenolic OH excluding ortho intramolecular Hbond substituents is 1. The number of aromatic hydroxyl groups is 1. The molecular weight excluding hydrogens is 244 g/mol. The Hall–Kier alpha value is -1.30. The quantitative estimate of drug-likeness (QED) is 0.693. The fourth-order valence-corrected chi connectivity index (χ4v) is 1.23. The van der Waals surface area contributed by atoms with Crippen molar-refractivity contribution in [2.75, 3.05) is 19.0 Å². The maximum Gasteiger partial charge on any atom is 0.227 e. The molecule has 0 saturated carbocycles. The standard InChI is InChI=1S/C11H16N2O3.ClH/c1-16-10(7-12)6-11(15)13-8-2-4-9(14)5-3-8;/h2-5,10,14H,6-7,12H2,1H3,(H,13,15);1H. The van der Waals surface area contributed by atoms with Crippen molar-refractivity contribution in [3.63, 3.8) is 0 Å². The number of hydrogen-bond donors (Lipinski definition) is 3. The first-order chi connectivity index (χ1) is 7.65. The first-order valence-corrected chi connectivity index (χ1v) is 4.97. The molecule has 6 heteroatoms. The second-order valence-corrected chi connectivity index (χ2v) is 3.39. The summed E-state index contributed by atoms with van der Waals surface area (Å²) in [6, 6.07) is 6.26. The van der Waals surface area contributed by atoms with Gasteiger partial charge in [-0.2, -0.15) is 0 Å². The third-order valence-electron chi connectivity index (χ3n) is 2.16. The predicted molar refractivity (Wildman–Crippen MR) is 68.5 cm³/mol. The van der Waals surface area contributed by atoms with Gasteiger partial charge in [0.2, 0.25) is 5.91 Å². The van der Waals surface area contributed by atoms with Crippen molar-refractivity contribution in [2.45, 2.75) is 12.5 Å². The van der Waals surface area contributed by atoms with Crippen molar-refractivity contribution in [1.29, 1.82) is 0 Å². The molecule has 0 heterocycles. The lowest BCUT2D eigenvalue weighted by Crippen LogP contribution is -2.28. The number of anilines is 1. The number of nitrogens with two attached hydrogens (primary N) is 1. The highest BCUT2D eigenvalue weighted by Crippen LogP contribution is 2.14. The van der Waals surface area contributed by atoms with Gasteiger partial charge in [0, 0.05) is 19.3 Å². The molecule has 0 aliphatic rings. The molecular formula is C11H17ClN2O3. The van der Waals surface area contributed by atoms with Gasteiger partial charge >= 0.3 is 0 Å². The van der Waals surface area contributed by atoms with Gasteiger partial charge in [0.25, 0.3) is 0 Å². The number of rotatable bonds is 5.